The highest BCUT2D eigenvalue weighted by atomic mass is 32.2. The van der Waals surface area contributed by atoms with Crippen molar-refractivity contribution >= 4 is 16.9 Å². The third-order valence-electron chi connectivity index (χ3n) is 1.69. The van der Waals surface area contributed by atoms with Gasteiger partial charge in [-0.15, -0.1) is 10.2 Å². The molecule has 6 nitrogen and oxygen atoms in total. The van der Waals surface area contributed by atoms with Crippen LogP contribution in [-0.2, 0) is 0 Å². The van der Waals surface area contributed by atoms with E-state index < -0.39 is 0 Å². The van der Waals surface area contributed by atoms with Crippen molar-refractivity contribution in [3.05, 3.63) is 24.3 Å². The fourth-order valence-corrected chi connectivity index (χ4v) is 1.79. The molecule has 76 valence electrons. The molecule has 0 bridgehead atoms. The lowest BCUT2D eigenvalue weighted by molar-refractivity contribution is 0.881. The quantitative estimate of drug-likeness (QED) is 0.395. The standard InChI is InChI=1S/C8H8N6S/c9-8(10)15-6-4-2-1-3-5(6)7-11-13-14-12-7/h1-4H,(H3,9,10)(H,11,12,13,14). The van der Waals surface area contributed by atoms with Crippen LogP contribution in [0.15, 0.2) is 29.2 Å². The summed E-state index contributed by atoms with van der Waals surface area (Å²) in [6, 6.07) is 7.46. The number of amidine groups is 1. The van der Waals surface area contributed by atoms with Crippen molar-refractivity contribution in [2.24, 2.45) is 5.73 Å². The number of H-pyrrole nitrogens is 1. The molecule has 1 aromatic heterocycles. The zero-order valence-electron chi connectivity index (χ0n) is 7.64. The van der Waals surface area contributed by atoms with Crippen molar-refractivity contribution in [1.29, 1.82) is 5.41 Å². The van der Waals surface area contributed by atoms with Gasteiger partial charge in [-0.1, -0.05) is 23.9 Å². The summed E-state index contributed by atoms with van der Waals surface area (Å²) in [4.78, 5) is 0.839. The van der Waals surface area contributed by atoms with Crippen LogP contribution in [0.4, 0.5) is 0 Å². The van der Waals surface area contributed by atoms with Gasteiger partial charge in [-0.25, -0.2) is 0 Å². The van der Waals surface area contributed by atoms with Crippen LogP contribution >= 0.6 is 11.8 Å². The number of aromatic nitrogens is 4. The molecule has 1 aromatic carbocycles. The Bertz CT molecular complexity index is 466. The van der Waals surface area contributed by atoms with Gasteiger partial charge < -0.3 is 5.73 Å². The molecule has 15 heavy (non-hydrogen) atoms. The number of tetrazole rings is 1. The molecule has 0 aliphatic rings. The first-order chi connectivity index (χ1) is 7.27. The molecule has 0 spiro atoms. The monoisotopic (exact) mass is 220 g/mol. The minimum Gasteiger partial charge on any atom is -0.378 e. The molecule has 0 saturated heterocycles. The second-order valence-corrected chi connectivity index (χ2v) is 3.78. The number of nitrogens with zero attached hydrogens (tertiary/aromatic N) is 3. The van der Waals surface area contributed by atoms with E-state index >= 15 is 0 Å². The zero-order valence-corrected chi connectivity index (χ0v) is 8.45. The van der Waals surface area contributed by atoms with Gasteiger partial charge in [-0.05, 0) is 17.3 Å². The number of benzene rings is 1. The highest BCUT2D eigenvalue weighted by molar-refractivity contribution is 8.13. The van der Waals surface area contributed by atoms with Gasteiger partial charge in [-0.3, -0.25) is 5.41 Å². The molecule has 0 fully saturated rings. The Kier molecular flexibility index (Phi) is 2.64. The predicted molar refractivity (Wildman–Crippen MR) is 57.4 cm³/mol. The molecule has 7 heteroatoms. The maximum atomic E-state index is 7.23. The molecule has 0 saturated carbocycles. The summed E-state index contributed by atoms with van der Waals surface area (Å²) >= 11 is 1.16. The number of aromatic amines is 1. The minimum atomic E-state index is 0.0333. The summed E-state index contributed by atoms with van der Waals surface area (Å²) in [5.41, 5.74) is 6.14. The number of nitrogens with one attached hydrogen (secondary N) is 2. The van der Waals surface area contributed by atoms with Gasteiger partial charge in [0.1, 0.15) is 0 Å². The van der Waals surface area contributed by atoms with E-state index in [1.165, 1.54) is 0 Å². The van der Waals surface area contributed by atoms with Crippen LogP contribution in [0.3, 0.4) is 0 Å². The maximum Gasteiger partial charge on any atom is 0.205 e. The van der Waals surface area contributed by atoms with Gasteiger partial charge in [0.25, 0.3) is 0 Å². The molecule has 0 amide bonds. The summed E-state index contributed by atoms with van der Waals surface area (Å²) in [6.07, 6.45) is 0. The van der Waals surface area contributed by atoms with Gasteiger partial charge in [0.2, 0.25) is 5.82 Å². The van der Waals surface area contributed by atoms with E-state index in [9.17, 15) is 0 Å². The Morgan fingerprint density at radius 3 is 2.87 bits per heavy atom. The Morgan fingerprint density at radius 1 is 1.40 bits per heavy atom. The highest BCUT2D eigenvalue weighted by Gasteiger charge is 2.09. The number of hydrogen-bond acceptors (Lipinski definition) is 5. The average Bonchev–Trinajstić information content (AvgIpc) is 2.70. The van der Waals surface area contributed by atoms with Crippen molar-refractivity contribution in [1.82, 2.24) is 20.6 Å². The molecule has 4 N–H and O–H groups in total. The van der Waals surface area contributed by atoms with Crippen LogP contribution in [0, 0.1) is 5.41 Å². The summed E-state index contributed by atoms with van der Waals surface area (Å²) in [6.45, 7) is 0. The summed E-state index contributed by atoms with van der Waals surface area (Å²) in [7, 11) is 0. The van der Waals surface area contributed by atoms with Gasteiger partial charge >= 0.3 is 0 Å². The van der Waals surface area contributed by atoms with E-state index in [0.29, 0.717) is 5.82 Å². The van der Waals surface area contributed by atoms with E-state index in [-0.39, 0.29) is 5.17 Å². The SMILES string of the molecule is N=C(N)Sc1ccccc1-c1nn[nH]n1. The maximum absolute atomic E-state index is 7.23. The number of thioether (sulfide) groups is 1. The fourth-order valence-electron chi connectivity index (χ4n) is 1.13. The average molecular weight is 220 g/mol. The third-order valence-corrected chi connectivity index (χ3v) is 2.49. The molecule has 2 rings (SSSR count). The van der Waals surface area contributed by atoms with E-state index in [0.717, 1.165) is 22.2 Å². The second-order valence-electron chi connectivity index (χ2n) is 2.70. The van der Waals surface area contributed by atoms with Gasteiger partial charge in [0.15, 0.2) is 5.17 Å². The van der Waals surface area contributed by atoms with E-state index in [2.05, 4.69) is 20.6 Å². The van der Waals surface area contributed by atoms with Crippen LogP contribution in [0.1, 0.15) is 0 Å². The van der Waals surface area contributed by atoms with Crippen molar-refractivity contribution in [3.63, 3.8) is 0 Å². The lowest BCUT2D eigenvalue weighted by Gasteiger charge is -2.03. The van der Waals surface area contributed by atoms with Gasteiger partial charge in [0, 0.05) is 10.5 Å². The highest BCUT2D eigenvalue weighted by Crippen LogP contribution is 2.28. The van der Waals surface area contributed by atoms with E-state index in [1.807, 2.05) is 24.3 Å². The van der Waals surface area contributed by atoms with Crippen LogP contribution < -0.4 is 5.73 Å². The molecule has 0 radical (unpaired) electrons. The number of hydrogen-bond donors (Lipinski definition) is 3. The molecule has 0 atom stereocenters. The van der Waals surface area contributed by atoms with E-state index in [4.69, 9.17) is 11.1 Å². The number of nitrogens with two attached hydrogens (primary N) is 1. The topological polar surface area (TPSA) is 104 Å². The Balaban J connectivity index is 2.42. The zero-order chi connectivity index (χ0) is 10.7. The smallest absolute Gasteiger partial charge is 0.205 e. The lowest BCUT2D eigenvalue weighted by Crippen LogP contribution is -2.03. The fraction of sp³-hybridized carbons (Fsp3) is 0. The molecule has 0 aliphatic carbocycles. The van der Waals surface area contributed by atoms with Crippen molar-refractivity contribution in [2.75, 3.05) is 0 Å². The molecular formula is C8H8N6S. The molecular weight excluding hydrogens is 212 g/mol. The van der Waals surface area contributed by atoms with Crippen molar-refractivity contribution in [3.8, 4) is 11.4 Å². The first-order valence-corrected chi connectivity index (χ1v) is 4.94. The second kappa shape index (κ2) is 4.09. The summed E-state index contributed by atoms with van der Waals surface area (Å²) < 4.78 is 0. The van der Waals surface area contributed by atoms with Crippen LogP contribution in [0.5, 0.6) is 0 Å². The predicted octanol–water partition coefficient (Wildman–Crippen LogP) is 0.852. The lowest BCUT2D eigenvalue weighted by atomic mass is 10.2. The van der Waals surface area contributed by atoms with Crippen LogP contribution in [0.25, 0.3) is 11.4 Å². The Hall–Kier alpha value is -1.89. The minimum absolute atomic E-state index is 0.0333. The summed E-state index contributed by atoms with van der Waals surface area (Å²) in [5.74, 6) is 0.499. The van der Waals surface area contributed by atoms with Gasteiger partial charge in [-0.2, -0.15) is 5.21 Å². The first-order valence-electron chi connectivity index (χ1n) is 4.12. The summed E-state index contributed by atoms with van der Waals surface area (Å²) in [5, 5.41) is 20.9. The molecule has 1 heterocycles. The third kappa shape index (κ3) is 2.13. The Morgan fingerprint density at radius 2 is 2.20 bits per heavy atom. The largest absolute Gasteiger partial charge is 0.378 e. The van der Waals surface area contributed by atoms with Crippen LogP contribution in [-0.4, -0.2) is 25.8 Å². The number of rotatable bonds is 2. The van der Waals surface area contributed by atoms with Gasteiger partial charge in [0.05, 0.1) is 0 Å². The molecule has 0 unspecified atom stereocenters. The van der Waals surface area contributed by atoms with Crippen molar-refractivity contribution in [2.45, 2.75) is 4.90 Å². The normalized spacial score (nSPS) is 10.1. The van der Waals surface area contributed by atoms with Crippen molar-refractivity contribution < 1.29 is 0 Å². The molecule has 0 aliphatic heterocycles. The Labute approximate surface area is 89.8 Å². The molecule has 2 aromatic rings. The van der Waals surface area contributed by atoms with E-state index in [1.54, 1.807) is 0 Å². The van der Waals surface area contributed by atoms with Crippen LogP contribution in [0.2, 0.25) is 0 Å². The first kappa shape index (κ1) is 9.66.